The van der Waals surface area contributed by atoms with Crippen LogP contribution in [0.4, 0.5) is 115 Å². The largest absolute Gasteiger partial charge is 1.00 e. The van der Waals surface area contributed by atoms with Gasteiger partial charge in [0.1, 0.15) is 57.4 Å². The maximum Gasteiger partial charge on any atom is 1.00 e. The van der Waals surface area contributed by atoms with Crippen LogP contribution in [-0.4, -0.2) is 165 Å². The number of fused-ring (bicyclic) bond motifs is 8. The van der Waals surface area contributed by atoms with E-state index in [2.05, 4.69) is 70.6 Å². The average molecular weight is 1800 g/mol. The van der Waals surface area contributed by atoms with Crippen LogP contribution in [0, 0.1) is 0 Å². The fraction of sp³-hybridized carbons (Fsp3) is 0.147. The first-order valence-electron chi connectivity index (χ1n) is 35.3. The number of nitrogens with zero attached hydrogens (tertiary/aromatic N) is 18. The molecule has 11 heterocycles. The number of hydrogen-bond donors (Lipinski definition) is 6. The SMILES string of the molecule is CC(=O)[N-]S(=O)(=O)c1ccc(Nc2ncc3c(n2)N(C)c2ccsc2C(=O)N3C)cc1.CCC(=O)[N-]S(=O)(=O)c1ccc(Nc2ncc3c(n2)N(C)c2ccsc2C(=O)N3C)cc1.CN1C(=O)c2ccccc2N(C)c2nc(Nc3ccc(S(N)(=O)=O)cc3)ncc21.CN1C(=O)c2sccc2N(C)c2nc(Nc3ccc(S(N)(=O)=O)cc3)ncc21.[Na+].[Na+]. The van der Waals surface area contributed by atoms with Crippen LogP contribution in [0.1, 0.15) is 59.6 Å². The molecule has 0 saturated heterocycles. The van der Waals surface area contributed by atoms with Crippen molar-refractivity contribution in [2.24, 2.45) is 10.3 Å². The second-order valence-electron chi connectivity index (χ2n) is 26.3. The predicted molar refractivity (Wildman–Crippen MR) is 459 cm³/mol. The van der Waals surface area contributed by atoms with Gasteiger partial charge in [-0.05, 0) is 157 Å². The first-order valence-corrected chi connectivity index (χ1v) is 43.9. The molecule has 4 aliphatic heterocycles. The van der Waals surface area contributed by atoms with Crippen molar-refractivity contribution in [2.45, 2.75) is 39.9 Å². The molecule has 0 radical (unpaired) electrons. The average Bonchev–Trinajstić information content (AvgIpc) is 1.63. The zero-order valence-corrected chi connectivity index (χ0v) is 76.5. The Kier molecular flexibility index (Phi) is 27.7. The number of thiophene rings is 3. The summed E-state index contributed by atoms with van der Waals surface area (Å²) in [6.07, 6.45) is 6.28. The number of amides is 6. The van der Waals surface area contributed by atoms with Gasteiger partial charge in [0.2, 0.25) is 43.8 Å². The van der Waals surface area contributed by atoms with Gasteiger partial charge in [-0.25, -0.2) is 63.9 Å². The van der Waals surface area contributed by atoms with E-state index in [0.717, 1.165) is 29.7 Å². The Morgan fingerprint density at radius 2 is 0.631 bits per heavy atom. The van der Waals surface area contributed by atoms with Crippen LogP contribution in [0.2, 0.25) is 0 Å². The molecule has 38 nitrogen and oxygen atoms in total. The van der Waals surface area contributed by atoms with Crippen molar-refractivity contribution in [1.82, 2.24) is 39.9 Å². The minimum atomic E-state index is -4.05. The number of benzene rings is 5. The van der Waals surface area contributed by atoms with Crippen molar-refractivity contribution in [1.29, 1.82) is 0 Å². The third-order valence-corrected chi connectivity index (χ3v) is 25.7. The Balaban J connectivity index is 0.000000158. The van der Waals surface area contributed by atoms with Crippen molar-refractivity contribution in [3.63, 3.8) is 0 Å². The number of sulfonamides is 4. The van der Waals surface area contributed by atoms with Gasteiger partial charge in [-0.3, -0.25) is 19.2 Å². The summed E-state index contributed by atoms with van der Waals surface area (Å²) in [5, 5.41) is 27.9. The Bertz CT molecular complexity index is 6560. The van der Waals surface area contributed by atoms with Gasteiger partial charge < -0.3 is 79.5 Å². The Morgan fingerprint density at radius 1 is 0.361 bits per heavy atom. The van der Waals surface area contributed by atoms with Crippen molar-refractivity contribution in [3.8, 4) is 0 Å². The van der Waals surface area contributed by atoms with Crippen molar-refractivity contribution >= 4 is 225 Å². The van der Waals surface area contributed by atoms with Crippen molar-refractivity contribution < 1.29 is 122 Å². The normalized spacial score (nSPS) is 13.2. The number of hydrogen-bond acceptors (Lipinski definition) is 33. The molecule has 0 fully saturated rings. The summed E-state index contributed by atoms with van der Waals surface area (Å²) in [5.41, 5.74) is 8.18. The molecule has 0 bridgehead atoms. The first kappa shape index (κ1) is 91.2. The predicted octanol–water partition coefficient (Wildman–Crippen LogP) is 5.41. The van der Waals surface area contributed by atoms with E-state index in [0.29, 0.717) is 101 Å². The van der Waals surface area contributed by atoms with Crippen LogP contribution in [0.15, 0.2) is 200 Å². The zero-order valence-electron chi connectivity index (χ0n) is 66.8. The van der Waals surface area contributed by atoms with E-state index >= 15 is 0 Å². The topological polar surface area (TPSA) is 496 Å². The molecule has 8 N–H and O–H groups in total. The number of primary sulfonamides is 2. The van der Waals surface area contributed by atoms with E-state index in [1.807, 2.05) is 100 Å². The van der Waals surface area contributed by atoms with Crippen LogP contribution in [-0.2, 0) is 49.7 Å². The van der Waals surface area contributed by atoms with Gasteiger partial charge in [0.15, 0.2) is 23.3 Å². The van der Waals surface area contributed by atoms with Gasteiger partial charge in [0.05, 0.1) is 84.5 Å². The fourth-order valence-electron chi connectivity index (χ4n) is 12.2. The molecular weight excluding hydrogens is 1730 g/mol. The standard InChI is InChI=1S/C20H20N6O4S2.C19H18N6O4S2.C19H18N6O3S.C17H16N6O3S2.2Na/c1-4-16(27)24-32(29,30)13-7-5-12(6-8-13)22-20-21-11-15-18(23-20)25(2)14-9-10-31-17(14)19(28)26(15)3;1-11(26)23-31(28,29)13-6-4-12(5-7-13)21-19-20-10-15-17(22-19)24(2)14-8-9-30-16(14)18(27)25(15)3;1-24-15-6-4-3-5-14(15)18(26)25(2)16-11-21-19(23-17(16)24)22-12-7-9-13(10-8-12)29(20,27)28;1-22-12-7-8-27-14(12)16(24)23(2)13-9-19-17(21-15(13)22)20-10-3-5-11(6-4-10)28(18,25)26;;/h5-11H,4H2,1-3H3,(H2,21,22,23,24,27);4-10H,1-3H3,(H2,20,21,22,23,26);3-11H,1-2H3,(H2,20,27,28)(H,21,22,23);3-9H,1-2H3,(H2,18,25,26)(H,19,20,21);;/q;;;;2*+1/p-2. The minimum Gasteiger partial charge on any atom is -0.542 e. The van der Waals surface area contributed by atoms with Gasteiger partial charge in [-0.1, -0.05) is 19.1 Å². The van der Waals surface area contributed by atoms with Gasteiger partial charge in [-0.2, -0.15) is 19.9 Å². The van der Waals surface area contributed by atoms with Gasteiger partial charge in [0.25, 0.3) is 23.6 Å². The maximum absolute atomic E-state index is 12.8. The molecule has 0 spiro atoms. The molecule has 618 valence electrons. The van der Waals surface area contributed by atoms with E-state index < -0.39 is 51.9 Å². The molecular formula is C75H70N24Na2O14S7. The summed E-state index contributed by atoms with van der Waals surface area (Å²) in [7, 11) is -1.55. The number of anilines is 20. The van der Waals surface area contributed by atoms with Crippen LogP contribution in [0.3, 0.4) is 0 Å². The van der Waals surface area contributed by atoms with Crippen LogP contribution < -0.4 is 130 Å². The van der Waals surface area contributed by atoms with Gasteiger partial charge in [0, 0.05) is 79.1 Å². The molecule has 122 heavy (non-hydrogen) atoms. The Morgan fingerprint density at radius 3 is 0.918 bits per heavy atom. The molecule has 16 rings (SSSR count). The zero-order chi connectivity index (χ0) is 86.2. The summed E-state index contributed by atoms with van der Waals surface area (Å²) < 4.78 is 100. The third-order valence-electron chi connectivity index (χ3n) is 18.5. The summed E-state index contributed by atoms with van der Waals surface area (Å²) in [6.45, 7) is 2.61. The maximum atomic E-state index is 12.8. The number of aromatic nitrogens is 8. The van der Waals surface area contributed by atoms with E-state index in [1.165, 1.54) is 126 Å². The molecule has 12 aromatic rings. The second kappa shape index (κ2) is 37.0. The summed E-state index contributed by atoms with van der Waals surface area (Å²) in [5.74, 6) is 1.38. The van der Waals surface area contributed by atoms with E-state index in [-0.39, 0.29) is 121 Å². The number of nitrogens with two attached hydrogens (primary N) is 2. The molecule has 0 aliphatic carbocycles. The van der Waals surface area contributed by atoms with Crippen LogP contribution in [0.5, 0.6) is 0 Å². The quantitative estimate of drug-likeness (QED) is 0.0699. The molecule has 0 unspecified atom stereocenters. The summed E-state index contributed by atoms with van der Waals surface area (Å²) in [6, 6.07) is 36.3. The molecule has 0 atom stereocenters. The second-order valence-corrected chi connectivity index (χ2v) is 35.4. The minimum absolute atomic E-state index is 0. The Hall–Kier alpha value is -11.5. The number of nitrogens with one attached hydrogen (secondary N) is 4. The van der Waals surface area contributed by atoms with E-state index in [4.69, 9.17) is 10.3 Å². The molecule has 6 amide bonds. The third kappa shape index (κ3) is 19.5. The van der Waals surface area contributed by atoms with Crippen LogP contribution in [0.25, 0.3) is 9.44 Å². The molecule has 47 heteroatoms. The van der Waals surface area contributed by atoms with E-state index in [9.17, 15) is 62.4 Å². The molecule has 7 aromatic heterocycles. The van der Waals surface area contributed by atoms with Crippen molar-refractivity contribution in [2.75, 3.05) is 117 Å². The molecule has 0 saturated carbocycles. The number of carbonyl (C=O) groups excluding carboxylic acids is 6. The fourth-order valence-corrected chi connectivity index (χ4v) is 17.8. The first-order chi connectivity index (χ1) is 56.9. The number of para-hydroxylation sites is 1. The molecule has 4 aliphatic rings. The number of rotatable bonds is 15. The smallest absolute Gasteiger partial charge is 0.542 e. The summed E-state index contributed by atoms with van der Waals surface area (Å²) in [4.78, 5) is 124. The summed E-state index contributed by atoms with van der Waals surface area (Å²) >= 11 is 4.11. The van der Waals surface area contributed by atoms with Crippen LogP contribution >= 0.6 is 34.0 Å². The van der Waals surface area contributed by atoms with E-state index in [1.54, 1.807) is 90.2 Å². The Labute approximate surface area is 756 Å². The van der Waals surface area contributed by atoms with Gasteiger partial charge >= 0.3 is 59.1 Å². The van der Waals surface area contributed by atoms with Crippen molar-refractivity contribution in [3.05, 3.63) is 210 Å². The van der Waals surface area contributed by atoms with Gasteiger partial charge in [-0.15, -0.1) is 34.0 Å². The monoisotopic (exact) mass is 1800 g/mol. The number of carbonyl (C=O) groups is 6. The molecule has 5 aromatic carbocycles.